The molecular weight excluding hydrogens is 369 g/mol. The maximum Gasteiger partial charge on any atom is 0.216 e. The lowest BCUT2D eigenvalue weighted by Gasteiger charge is -2.44. The molecule has 4 rings (SSSR count). The van der Waals surface area contributed by atoms with Crippen LogP contribution in [-0.2, 0) is 4.79 Å². The predicted molar refractivity (Wildman–Crippen MR) is 99.2 cm³/mol. The zero-order valence-corrected chi connectivity index (χ0v) is 15.2. The summed E-state index contributed by atoms with van der Waals surface area (Å²) in [7, 11) is 0. The van der Waals surface area contributed by atoms with E-state index in [-0.39, 0.29) is 23.9 Å². The molecule has 4 nitrogen and oxygen atoms in total. The van der Waals surface area contributed by atoms with E-state index in [2.05, 4.69) is 10.3 Å². The van der Waals surface area contributed by atoms with Crippen LogP contribution in [0.1, 0.15) is 31.2 Å². The van der Waals surface area contributed by atoms with E-state index in [9.17, 15) is 23.1 Å². The smallest absolute Gasteiger partial charge is 0.216 e. The zero-order valence-electron chi connectivity index (χ0n) is 15.2. The molecule has 1 heterocycles. The molecular formula is C21H19F3N2O2. The Morgan fingerprint density at radius 3 is 2.50 bits per heavy atom. The fraction of sp³-hybridized carbons (Fsp3) is 0.286. The van der Waals surface area contributed by atoms with E-state index in [4.69, 9.17) is 0 Å². The van der Waals surface area contributed by atoms with Crippen LogP contribution in [0.5, 0.6) is 0 Å². The summed E-state index contributed by atoms with van der Waals surface area (Å²) in [6, 6.07) is 7.82. The molecule has 0 radical (unpaired) electrons. The van der Waals surface area contributed by atoms with Crippen LogP contribution in [0, 0.1) is 17.5 Å². The first-order valence-corrected chi connectivity index (χ1v) is 8.99. The number of amides is 1. The van der Waals surface area contributed by atoms with E-state index in [1.807, 2.05) is 0 Å². The van der Waals surface area contributed by atoms with Gasteiger partial charge in [0.25, 0.3) is 0 Å². The van der Waals surface area contributed by atoms with Crippen molar-refractivity contribution in [2.75, 3.05) is 6.54 Å². The first kappa shape index (κ1) is 18.6. The molecule has 28 heavy (non-hydrogen) atoms. The van der Waals surface area contributed by atoms with Crippen molar-refractivity contribution >= 4 is 16.8 Å². The number of rotatable bonds is 4. The summed E-state index contributed by atoms with van der Waals surface area (Å²) < 4.78 is 41.6. The number of aromatic nitrogens is 1. The number of hydrogen-bond acceptors (Lipinski definition) is 2. The highest BCUT2D eigenvalue weighted by Crippen LogP contribution is 2.50. The van der Waals surface area contributed by atoms with E-state index in [1.165, 1.54) is 25.1 Å². The Labute approximate surface area is 159 Å². The van der Waals surface area contributed by atoms with E-state index in [0.717, 1.165) is 6.07 Å². The van der Waals surface area contributed by atoms with Gasteiger partial charge in [-0.15, -0.1) is 0 Å². The quantitative estimate of drug-likeness (QED) is 0.633. The lowest BCUT2D eigenvalue weighted by atomic mass is 9.67. The molecule has 1 saturated carbocycles. The summed E-state index contributed by atoms with van der Waals surface area (Å²) in [5.41, 5.74) is 1.02. The summed E-state index contributed by atoms with van der Waals surface area (Å²) in [5.74, 6) is -2.19. The Kier molecular flexibility index (Phi) is 4.42. The lowest BCUT2D eigenvalue weighted by molar-refractivity contribution is -0.121. The molecule has 1 aromatic heterocycles. The predicted octanol–water partition coefficient (Wildman–Crippen LogP) is 4.00. The molecule has 0 saturated heterocycles. The summed E-state index contributed by atoms with van der Waals surface area (Å²) in [5, 5.41) is 13.6. The number of aliphatic hydroxyl groups is 1. The molecule has 1 fully saturated rings. The molecule has 3 N–H and O–H groups in total. The van der Waals surface area contributed by atoms with Gasteiger partial charge in [0.15, 0.2) is 0 Å². The maximum absolute atomic E-state index is 14.3. The number of nitrogens with one attached hydrogen (secondary N) is 2. The number of halogens is 3. The molecule has 0 spiro atoms. The monoisotopic (exact) mass is 388 g/mol. The van der Waals surface area contributed by atoms with E-state index < -0.39 is 23.1 Å². The number of aromatic amines is 1. The zero-order chi connectivity index (χ0) is 20.1. The Morgan fingerprint density at radius 2 is 1.86 bits per heavy atom. The van der Waals surface area contributed by atoms with E-state index in [1.54, 1.807) is 12.1 Å². The molecule has 1 amide bonds. The van der Waals surface area contributed by atoms with Crippen molar-refractivity contribution in [2.24, 2.45) is 0 Å². The largest absolute Gasteiger partial charge is 0.388 e. The van der Waals surface area contributed by atoms with Crippen molar-refractivity contribution in [3.63, 3.8) is 0 Å². The number of benzene rings is 2. The fourth-order valence-corrected chi connectivity index (χ4v) is 4.00. The van der Waals surface area contributed by atoms with Crippen LogP contribution < -0.4 is 5.32 Å². The number of fused-ring (bicyclic) bond motifs is 1. The SMILES string of the molecule is CC(=O)NCC1(O)CC(c2c(-c3ccc(F)cc3)[nH]c3c(F)cc(F)cc23)C1. The van der Waals surface area contributed by atoms with Crippen LogP contribution >= 0.6 is 0 Å². The minimum absolute atomic E-state index is 0.121. The van der Waals surface area contributed by atoms with Gasteiger partial charge in [0.2, 0.25) is 5.91 Å². The minimum atomic E-state index is -1.06. The molecule has 0 atom stereocenters. The van der Waals surface area contributed by atoms with Gasteiger partial charge in [0, 0.05) is 24.9 Å². The first-order valence-electron chi connectivity index (χ1n) is 8.99. The van der Waals surface area contributed by atoms with E-state index in [0.29, 0.717) is 35.0 Å². The summed E-state index contributed by atoms with van der Waals surface area (Å²) in [6.07, 6.45) is 0.680. The first-order chi connectivity index (χ1) is 13.3. The van der Waals surface area contributed by atoms with Gasteiger partial charge in [-0.25, -0.2) is 13.2 Å². The number of carbonyl (C=O) groups excluding carboxylic acids is 1. The number of H-pyrrole nitrogens is 1. The molecule has 0 bridgehead atoms. The Morgan fingerprint density at radius 1 is 1.18 bits per heavy atom. The Hall–Kier alpha value is -2.80. The average molecular weight is 388 g/mol. The Balaban J connectivity index is 1.77. The highest BCUT2D eigenvalue weighted by molar-refractivity contribution is 5.92. The van der Waals surface area contributed by atoms with Gasteiger partial charge in [-0.05, 0) is 60.2 Å². The second kappa shape index (κ2) is 6.67. The average Bonchev–Trinajstić information content (AvgIpc) is 2.97. The van der Waals surface area contributed by atoms with Crippen LogP contribution in [0.25, 0.3) is 22.2 Å². The van der Waals surface area contributed by atoms with Gasteiger partial charge >= 0.3 is 0 Å². The van der Waals surface area contributed by atoms with Gasteiger partial charge < -0.3 is 15.4 Å². The van der Waals surface area contributed by atoms with Gasteiger partial charge in [0.05, 0.1) is 16.8 Å². The number of hydrogen-bond donors (Lipinski definition) is 3. The standard InChI is InChI=1S/C21H19F3N2O2/c1-11(27)25-10-21(28)8-13(9-21)18-16-6-15(23)7-17(24)20(16)26-19(18)12-2-4-14(22)5-3-12/h2-7,13,26,28H,8-10H2,1H3,(H,25,27). The third kappa shape index (κ3) is 3.26. The van der Waals surface area contributed by atoms with Crippen LogP contribution in [0.15, 0.2) is 36.4 Å². The van der Waals surface area contributed by atoms with Crippen LogP contribution in [0.4, 0.5) is 13.2 Å². The number of carbonyl (C=O) groups is 1. The molecule has 0 unspecified atom stereocenters. The fourth-order valence-electron chi connectivity index (χ4n) is 4.00. The summed E-state index contributed by atoms with van der Waals surface area (Å²) in [4.78, 5) is 14.1. The van der Waals surface area contributed by atoms with E-state index >= 15 is 0 Å². The highest BCUT2D eigenvalue weighted by Gasteiger charge is 2.45. The van der Waals surface area contributed by atoms with Crippen molar-refractivity contribution in [1.82, 2.24) is 10.3 Å². The molecule has 3 aromatic rings. The normalized spacial score (nSPS) is 21.5. The van der Waals surface area contributed by atoms with Crippen molar-refractivity contribution in [2.45, 2.75) is 31.3 Å². The second-order valence-electron chi connectivity index (χ2n) is 7.47. The van der Waals surface area contributed by atoms with Crippen molar-refractivity contribution in [1.29, 1.82) is 0 Å². The lowest BCUT2D eigenvalue weighted by Crippen LogP contribution is -2.51. The van der Waals surface area contributed by atoms with Gasteiger partial charge in [0.1, 0.15) is 17.5 Å². The molecule has 0 aliphatic heterocycles. The van der Waals surface area contributed by atoms with Crippen molar-refractivity contribution in [3.05, 3.63) is 59.4 Å². The highest BCUT2D eigenvalue weighted by atomic mass is 19.1. The third-order valence-electron chi connectivity index (χ3n) is 5.32. The Bertz CT molecular complexity index is 1050. The van der Waals surface area contributed by atoms with Gasteiger partial charge in [-0.1, -0.05) is 0 Å². The molecule has 146 valence electrons. The van der Waals surface area contributed by atoms with Crippen molar-refractivity contribution < 1.29 is 23.1 Å². The topological polar surface area (TPSA) is 65.1 Å². The van der Waals surface area contributed by atoms with Gasteiger partial charge in [-0.2, -0.15) is 0 Å². The summed E-state index contributed by atoms with van der Waals surface area (Å²) >= 11 is 0. The van der Waals surface area contributed by atoms with Crippen molar-refractivity contribution in [3.8, 4) is 11.3 Å². The maximum atomic E-state index is 14.3. The third-order valence-corrected chi connectivity index (χ3v) is 5.32. The minimum Gasteiger partial charge on any atom is -0.388 e. The molecule has 7 heteroatoms. The second-order valence-corrected chi connectivity index (χ2v) is 7.47. The van der Waals surface area contributed by atoms with Crippen LogP contribution in [0.3, 0.4) is 0 Å². The van der Waals surface area contributed by atoms with Gasteiger partial charge in [-0.3, -0.25) is 4.79 Å². The molecule has 2 aromatic carbocycles. The summed E-state index contributed by atoms with van der Waals surface area (Å²) in [6.45, 7) is 1.49. The van der Waals surface area contributed by atoms with Crippen LogP contribution in [-0.4, -0.2) is 28.1 Å². The van der Waals surface area contributed by atoms with Crippen LogP contribution in [0.2, 0.25) is 0 Å². The molecule has 1 aliphatic carbocycles. The molecule has 1 aliphatic rings.